The molecule has 0 aliphatic carbocycles. The Labute approximate surface area is 81.6 Å². The van der Waals surface area contributed by atoms with Gasteiger partial charge in [-0.25, -0.2) is 4.79 Å². The van der Waals surface area contributed by atoms with E-state index in [4.69, 9.17) is 4.74 Å². The zero-order valence-electron chi connectivity index (χ0n) is 7.51. The van der Waals surface area contributed by atoms with Gasteiger partial charge < -0.3 is 9.84 Å². The maximum absolute atomic E-state index is 11.1. The van der Waals surface area contributed by atoms with Crippen LogP contribution in [0.3, 0.4) is 0 Å². The van der Waals surface area contributed by atoms with Gasteiger partial charge in [0.15, 0.2) is 6.10 Å². The van der Waals surface area contributed by atoms with Crippen molar-refractivity contribution in [1.29, 1.82) is 0 Å². The number of esters is 1. The standard InChI is InChI=1S/C11H10O3/c1-7-9(12)10(14-11(7)13)8-5-3-2-4-6-8/h2-6,9-10,12H,1H2/t9-,10-/m1/s1. The van der Waals surface area contributed by atoms with Crippen LogP contribution in [0.1, 0.15) is 11.7 Å². The maximum Gasteiger partial charge on any atom is 0.336 e. The molecule has 0 bridgehead atoms. The van der Waals surface area contributed by atoms with Gasteiger partial charge in [0.05, 0.1) is 5.57 Å². The van der Waals surface area contributed by atoms with E-state index in [9.17, 15) is 9.90 Å². The number of aliphatic hydroxyl groups excluding tert-OH is 1. The van der Waals surface area contributed by atoms with Gasteiger partial charge in [0.2, 0.25) is 0 Å². The second kappa shape index (κ2) is 3.27. The second-order valence-electron chi connectivity index (χ2n) is 3.21. The molecule has 0 saturated carbocycles. The van der Waals surface area contributed by atoms with E-state index in [1.807, 2.05) is 18.2 Å². The maximum atomic E-state index is 11.1. The van der Waals surface area contributed by atoms with Crippen molar-refractivity contribution in [3.05, 3.63) is 48.0 Å². The molecule has 1 N–H and O–H groups in total. The van der Waals surface area contributed by atoms with Crippen molar-refractivity contribution in [3.63, 3.8) is 0 Å². The molecule has 1 saturated heterocycles. The lowest BCUT2D eigenvalue weighted by atomic mass is 10.0. The summed E-state index contributed by atoms with van der Waals surface area (Å²) in [7, 11) is 0. The molecule has 3 nitrogen and oxygen atoms in total. The zero-order chi connectivity index (χ0) is 10.1. The van der Waals surface area contributed by atoms with Gasteiger partial charge in [0, 0.05) is 0 Å². The molecule has 72 valence electrons. The minimum Gasteiger partial charge on any atom is -0.451 e. The number of aliphatic hydroxyl groups is 1. The molecule has 0 radical (unpaired) electrons. The third-order valence-electron chi connectivity index (χ3n) is 2.27. The molecule has 0 aromatic heterocycles. The fourth-order valence-corrected chi connectivity index (χ4v) is 1.45. The molecule has 3 heteroatoms. The lowest BCUT2D eigenvalue weighted by Crippen LogP contribution is -2.13. The third kappa shape index (κ3) is 1.32. The first-order chi connectivity index (χ1) is 6.70. The molecule has 14 heavy (non-hydrogen) atoms. The molecule has 1 aromatic rings. The number of benzene rings is 1. The lowest BCUT2D eigenvalue weighted by molar-refractivity contribution is -0.140. The topological polar surface area (TPSA) is 46.5 Å². The number of hydrogen-bond acceptors (Lipinski definition) is 3. The summed E-state index contributed by atoms with van der Waals surface area (Å²) in [4.78, 5) is 11.1. The predicted molar refractivity (Wildman–Crippen MR) is 50.4 cm³/mol. The summed E-state index contributed by atoms with van der Waals surface area (Å²) in [5.74, 6) is -0.522. The first kappa shape index (κ1) is 8.97. The van der Waals surface area contributed by atoms with E-state index in [0.717, 1.165) is 5.56 Å². The van der Waals surface area contributed by atoms with Crippen molar-refractivity contribution in [3.8, 4) is 0 Å². The quantitative estimate of drug-likeness (QED) is 0.534. The monoisotopic (exact) mass is 190 g/mol. The molecular weight excluding hydrogens is 180 g/mol. The van der Waals surface area contributed by atoms with Crippen LogP contribution in [-0.4, -0.2) is 17.2 Å². The first-order valence-corrected chi connectivity index (χ1v) is 4.33. The van der Waals surface area contributed by atoms with E-state index >= 15 is 0 Å². The normalized spacial score (nSPS) is 26.4. The molecule has 0 spiro atoms. The summed E-state index contributed by atoms with van der Waals surface area (Å²) in [6, 6.07) is 9.13. The summed E-state index contributed by atoms with van der Waals surface area (Å²) in [5.41, 5.74) is 0.908. The van der Waals surface area contributed by atoms with Gasteiger partial charge >= 0.3 is 5.97 Å². The van der Waals surface area contributed by atoms with Crippen LogP contribution in [0.2, 0.25) is 0 Å². The summed E-state index contributed by atoms with van der Waals surface area (Å²) in [5, 5.41) is 9.64. The zero-order valence-corrected chi connectivity index (χ0v) is 7.51. The molecule has 1 aliphatic heterocycles. The second-order valence-corrected chi connectivity index (χ2v) is 3.21. The van der Waals surface area contributed by atoms with Crippen molar-refractivity contribution in [2.24, 2.45) is 0 Å². The smallest absolute Gasteiger partial charge is 0.336 e. The Hall–Kier alpha value is -1.61. The highest BCUT2D eigenvalue weighted by Gasteiger charge is 2.37. The van der Waals surface area contributed by atoms with E-state index in [0.29, 0.717) is 0 Å². The van der Waals surface area contributed by atoms with Crippen molar-refractivity contribution in [2.75, 3.05) is 0 Å². The highest BCUT2D eigenvalue weighted by molar-refractivity contribution is 5.91. The Morgan fingerprint density at radius 1 is 1.29 bits per heavy atom. The third-order valence-corrected chi connectivity index (χ3v) is 2.27. The molecule has 1 fully saturated rings. The number of ether oxygens (including phenoxy) is 1. The van der Waals surface area contributed by atoms with Crippen molar-refractivity contribution < 1.29 is 14.6 Å². The first-order valence-electron chi connectivity index (χ1n) is 4.33. The van der Waals surface area contributed by atoms with Gasteiger partial charge in [-0.3, -0.25) is 0 Å². The van der Waals surface area contributed by atoms with Gasteiger partial charge in [0.1, 0.15) is 6.10 Å². The largest absolute Gasteiger partial charge is 0.451 e. The molecule has 1 aromatic carbocycles. The van der Waals surface area contributed by atoms with E-state index in [1.165, 1.54) is 0 Å². The van der Waals surface area contributed by atoms with Gasteiger partial charge in [-0.1, -0.05) is 36.9 Å². The van der Waals surface area contributed by atoms with Gasteiger partial charge in [-0.15, -0.1) is 0 Å². The van der Waals surface area contributed by atoms with Crippen LogP contribution in [0, 0.1) is 0 Å². The van der Waals surface area contributed by atoms with E-state index < -0.39 is 18.2 Å². The van der Waals surface area contributed by atoms with Gasteiger partial charge in [-0.2, -0.15) is 0 Å². The van der Waals surface area contributed by atoms with Crippen LogP contribution >= 0.6 is 0 Å². The molecule has 1 aliphatic rings. The summed E-state index contributed by atoms with van der Waals surface area (Å²) in [6.07, 6.45) is -1.53. The Morgan fingerprint density at radius 3 is 2.43 bits per heavy atom. The molecule has 1 heterocycles. The summed E-state index contributed by atoms with van der Waals surface area (Å²) >= 11 is 0. The highest BCUT2D eigenvalue weighted by atomic mass is 16.6. The van der Waals surface area contributed by atoms with Crippen LogP contribution < -0.4 is 0 Å². The highest BCUT2D eigenvalue weighted by Crippen LogP contribution is 2.32. The lowest BCUT2D eigenvalue weighted by Gasteiger charge is -2.12. The molecule has 0 unspecified atom stereocenters. The van der Waals surface area contributed by atoms with E-state index in [-0.39, 0.29) is 5.57 Å². The van der Waals surface area contributed by atoms with Crippen molar-refractivity contribution in [1.82, 2.24) is 0 Å². The van der Waals surface area contributed by atoms with Crippen LogP contribution in [0.5, 0.6) is 0 Å². The predicted octanol–water partition coefficient (Wildman–Crippen LogP) is 1.20. The average Bonchev–Trinajstić information content (AvgIpc) is 2.47. The molecular formula is C11H10O3. The van der Waals surface area contributed by atoms with Gasteiger partial charge in [0.25, 0.3) is 0 Å². The van der Waals surface area contributed by atoms with E-state index in [1.54, 1.807) is 12.1 Å². The summed E-state index contributed by atoms with van der Waals surface area (Å²) in [6.45, 7) is 3.47. The minimum absolute atomic E-state index is 0.124. The van der Waals surface area contributed by atoms with Crippen LogP contribution in [0.4, 0.5) is 0 Å². The SMILES string of the molecule is C=C1C(=O)O[C@H](c2ccccc2)[C@@H]1O. The Bertz CT molecular complexity index is 369. The van der Waals surface area contributed by atoms with E-state index in [2.05, 4.69) is 6.58 Å². The van der Waals surface area contributed by atoms with Crippen LogP contribution in [0.15, 0.2) is 42.5 Å². The van der Waals surface area contributed by atoms with Crippen molar-refractivity contribution >= 4 is 5.97 Å². The number of rotatable bonds is 1. The molecule has 2 atom stereocenters. The van der Waals surface area contributed by atoms with Crippen molar-refractivity contribution in [2.45, 2.75) is 12.2 Å². The number of cyclic esters (lactones) is 1. The number of carbonyl (C=O) groups excluding carboxylic acids is 1. The fraction of sp³-hybridized carbons (Fsp3) is 0.182. The molecule has 0 amide bonds. The Morgan fingerprint density at radius 2 is 1.93 bits per heavy atom. The fourth-order valence-electron chi connectivity index (χ4n) is 1.45. The summed E-state index contributed by atoms with van der Waals surface area (Å²) < 4.78 is 4.98. The van der Waals surface area contributed by atoms with Crippen LogP contribution in [0.25, 0.3) is 0 Å². The minimum atomic E-state index is -0.926. The Balaban J connectivity index is 2.30. The number of carbonyl (C=O) groups is 1. The average molecular weight is 190 g/mol. The molecule has 2 rings (SSSR count). The van der Waals surface area contributed by atoms with Crippen LogP contribution in [-0.2, 0) is 9.53 Å². The Kier molecular flexibility index (Phi) is 2.09. The number of hydrogen-bond donors (Lipinski definition) is 1. The van der Waals surface area contributed by atoms with Gasteiger partial charge in [-0.05, 0) is 5.56 Å².